The van der Waals surface area contributed by atoms with Gasteiger partial charge in [0.2, 0.25) is 0 Å². The monoisotopic (exact) mass is 196 g/mol. The Morgan fingerprint density at radius 1 is 1.29 bits per heavy atom. The van der Waals surface area contributed by atoms with Crippen molar-refractivity contribution in [3.8, 4) is 0 Å². The molecule has 1 aliphatic carbocycles. The van der Waals surface area contributed by atoms with Gasteiger partial charge in [0.15, 0.2) is 6.29 Å². The summed E-state index contributed by atoms with van der Waals surface area (Å²) >= 11 is 0. The van der Waals surface area contributed by atoms with Gasteiger partial charge in [0.1, 0.15) is 0 Å². The van der Waals surface area contributed by atoms with E-state index in [0.29, 0.717) is 5.41 Å². The standard InChI is InChI=1S/C12H20O2/c1-10(2)4-5-12(6-7-12)11-13-8-3-9-14-11/h4,11H,3,5-9H2,1-2H3. The van der Waals surface area contributed by atoms with Crippen molar-refractivity contribution >= 4 is 0 Å². The summed E-state index contributed by atoms with van der Waals surface area (Å²) in [4.78, 5) is 0. The van der Waals surface area contributed by atoms with E-state index in [4.69, 9.17) is 9.47 Å². The Morgan fingerprint density at radius 2 is 1.93 bits per heavy atom. The number of ether oxygens (including phenoxy) is 2. The summed E-state index contributed by atoms with van der Waals surface area (Å²) in [5.74, 6) is 0. The maximum Gasteiger partial charge on any atom is 0.163 e. The van der Waals surface area contributed by atoms with Gasteiger partial charge in [0.25, 0.3) is 0 Å². The van der Waals surface area contributed by atoms with E-state index >= 15 is 0 Å². The minimum atomic E-state index is 0.0758. The SMILES string of the molecule is CC(C)=CCC1(C2OCCCO2)CC1. The first-order chi connectivity index (χ1) is 6.73. The quantitative estimate of drug-likeness (QED) is 0.646. The molecular weight excluding hydrogens is 176 g/mol. The van der Waals surface area contributed by atoms with Crippen LogP contribution in [-0.2, 0) is 9.47 Å². The molecule has 0 N–H and O–H groups in total. The maximum atomic E-state index is 5.69. The largest absolute Gasteiger partial charge is 0.352 e. The van der Waals surface area contributed by atoms with Crippen molar-refractivity contribution in [1.29, 1.82) is 0 Å². The average molecular weight is 196 g/mol. The highest BCUT2D eigenvalue weighted by atomic mass is 16.7. The highest BCUT2D eigenvalue weighted by Gasteiger charge is 2.50. The highest BCUT2D eigenvalue weighted by Crippen LogP contribution is 2.54. The van der Waals surface area contributed by atoms with Gasteiger partial charge in [-0.1, -0.05) is 11.6 Å². The molecule has 2 heteroatoms. The van der Waals surface area contributed by atoms with Crippen LogP contribution in [0.3, 0.4) is 0 Å². The molecule has 14 heavy (non-hydrogen) atoms. The van der Waals surface area contributed by atoms with Gasteiger partial charge >= 0.3 is 0 Å². The van der Waals surface area contributed by atoms with Crippen LogP contribution in [0.1, 0.15) is 39.5 Å². The fourth-order valence-corrected chi connectivity index (χ4v) is 1.95. The number of rotatable bonds is 3. The molecule has 2 fully saturated rings. The van der Waals surface area contributed by atoms with Crippen molar-refractivity contribution < 1.29 is 9.47 Å². The Labute approximate surface area is 86.3 Å². The molecule has 0 bridgehead atoms. The number of hydrogen-bond acceptors (Lipinski definition) is 2. The molecule has 2 rings (SSSR count). The van der Waals surface area contributed by atoms with Crippen LogP contribution in [0.25, 0.3) is 0 Å². The Hall–Kier alpha value is -0.340. The summed E-state index contributed by atoms with van der Waals surface area (Å²) in [7, 11) is 0. The molecule has 1 heterocycles. The van der Waals surface area contributed by atoms with Crippen LogP contribution in [0.15, 0.2) is 11.6 Å². The Morgan fingerprint density at radius 3 is 2.43 bits per heavy atom. The molecule has 0 unspecified atom stereocenters. The lowest BCUT2D eigenvalue weighted by atomic mass is 10.00. The molecule has 1 saturated carbocycles. The van der Waals surface area contributed by atoms with Crippen molar-refractivity contribution in [2.45, 2.75) is 45.8 Å². The third-order valence-corrected chi connectivity index (χ3v) is 3.14. The summed E-state index contributed by atoms with van der Waals surface area (Å²) in [6.07, 6.45) is 7.10. The van der Waals surface area contributed by atoms with Crippen LogP contribution in [0, 0.1) is 5.41 Å². The minimum absolute atomic E-state index is 0.0758. The van der Waals surface area contributed by atoms with E-state index < -0.39 is 0 Å². The third-order valence-electron chi connectivity index (χ3n) is 3.14. The van der Waals surface area contributed by atoms with Gasteiger partial charge in [-0.2, -0.15) is 0 Å². The predicted octanol–water partition coefficient (Wildman–Crippen LogP) is 2.89. The zero-order valence-electron chi connectivity index (χ0n) is 9.21. The average Bonchev–Trinajstić information content (AvgIpc) is 2.97. The van der Waals surface area contributed by atoms with Crippen molar-refractivity contribution in [2.75, 3.05) is 13.2 Å². The molecule has 2 aliphatic rings. The first kappa shape index (κ1) is 10.2. The molecule has 0 amide bonds. The lowest BCUT2D eigenvalue weighted by Crippen LogP contribution is -2.33. The third kappa shape index (κ3) is 2.18. The fourth-order valence-electron chi connectivity index (χ4n) is 1.95. The van der Waals surface area contributed by atoms with Crippen LogP contribution in [-0.4, -0.2) is 19.5 Å². The number of hydrogen-bond donors (Lipinski definition) is 0. The van der Waals surface area contributed by atoms with Gasteiger partial charge in [-0.25, -0.2) is 0 Å². The fraction of sp³-hybridized carbons (Fsp3) is 0.833. The van der Waals surface area contributed by atoms with Crippen LogP contribution in [0.5, 0.6) is 0 Å². The first-order valence-corrected chi connectivity index (χ1v) is 5.60. The van der Waals surface area contributed by atoms with Crippen LogP contribution in [0.4, 0.5) is 0 Å². The van der Waals surface area contributed by atoms with Crippen molar-refractivity contribution in [3.63, 3.8) is 0 Å². The summed E-state index contributed by atoms with van der Waals surface area (Å²) in [6, 6.07) is 0. The first-order valence-electron chi connectivity index (χ1n) is 5.60. The Kier molecular flexibility index (Phi) is 2.93. The molecule has 0 spiro atoms. The topological polar surface area (TPSA) is 18.5 Å². The van der Waals surface area contributed by atoms with Gasteiger partial charge in [-0.05, 0) is 39.5 Å². The summed E-state index contributed by atoms with van der Waals surface area (Å²) < 4.78 is 11.4. The van der Waals surface area contributed by atoms with Crippen molar-refractivity contribution in [2.24, 2.45) is 5.41 Å². The molecule has 1 saturated heterocycles. The normalized spacial score (nSPS) is 25.9. The molecule has 80 valence electrons. The van der Waals surface area contributed by atoms with Crippen LogP contribution >= 0.6 is 0 Å². The lowest BCUT2D eigenvalue weighted by molar-refractivity contribution is -0.212. The van der Waals surface area contributed by atoms with E-state index in [0.717, 1.165) is 26.1 Å². The number of allylic oxidation sites excluding steroid dienone is 2. The molecule has 2 nitrogen and oxygen atoms in total. The zero-order valence-corrected chi connectivity index (χ0v) is 9.21. The molecular formula is C12H20O2. The van der Waals surface area contributed by atoms with Gasteiger partial charge < -0.3 is 9.47 Å². The van der Waals surface area contributed by atoms with Gasteiger partial charge in [-0.3, -0.25) is 0 Å². The van der Waals surface area contributed by atoms with E-state index in [-0.39, 0.29) is 6.29 Å². The molecule has 0 atom stereocenters. The summed E-state index contributed by atoms with van der Waals surface area (Å²) in [5.41, 5.74) is 1.73. The van der Waals surface area contributed by atoms with Gasteiger partial charge in [0, 0.05) is 5.41 Å². The van der Waals surface area contributed by atoms with Crippen LogP contribution < -0.4 is 0 Å². The molecule has 0 aromatic heterocycles. The zero-order chi connectivity index (χ0) is 10.0. The Bertz CT molecular complexity index is 218. The van der Waals surface area contributed by atoms with Crippen LogP contribution in [0.2, 0.25) is 0 Å². The minimum Gasteiger partial charge on any atom is -0.352 e. The van der Waals surface area contributed by atoms with Gasteiger partial charge in [0.05, 0.1) is 13.2 Å². The molecule has 1 aliphatic heterocycles. The predicted molar refractivity (Wildman–Crippen MR) is 56.0 cm³/mol. The smallest absolute Gasteiger partial charge is 0.163 e. The lowest BCUT2D eigenvalue weighted by Gasteiger charge is -2.30. The van der Waals surface area contributed by atoms with E-state index in [1.165, 1.54) is 18.4 Å². The molecule has 0 aromatic carbocycles. The van der Waals surface area contributed by atoms with E-state index in [9.17, 15) is 0 Å². The molecule has 0 aromatic rings. The van der Waals surface area contributed by atoms with E-state index in [1.807, 2.05) is 0 Å². The van der Waals surface area contributed by atoms with E-state index in [2.05, 4.69) is 19.9 Å². The maximum absolute atomic E-state index is 5.69. The second-order valence-electron chi connectivity index (χ2n) is 4.78. The highest BCUT2D eigenvalue weighted by molar-refractivity contribution is 5.05. The Balaban J connectivity index is 1.91. The summed E-state index contributed by atoms with van der Waals surface area (Å²) in [6.45, 7) is 6.06. The second kappa shape index (κ2) is 4.03. The van der Waals surface area contributed by atoms with Gasteiger partial charge in [-0.15, -0.1) is 0 Å². The van der Waals surface area contributed by atoms with Crippen molar-refractivity contribution in [1.82, 2.24) is 0 Å². The second-order valence-corrected chi connectivity index (χ2v) is 4.78. The van der Waals surface area contributed by atoms with Crippen molar-refractivity contribution in [3.05, 3.63) is 11.6 Å². The summed E-state index contributed by atoms with van der Waals surface area (Å²) in [5, 5.41) is 0. The molecule has 0 radical (unpaired) electrons. The van der Waals surface area contributed by atoms with E-state index in [1.54, 1.807) is 0 Å².